The zero-order valence-corrected chi connectivity index (χ0v) is 19.8. The van der Waals surface area contributed by atoms with Gasteiger partial charge >= 0.3 is 0 Å². The van der Waals surface area contributed by atoms with E-state index in [-0.39, 0.29) is 22.8 Å². The van der Waals surface area contributed by atoms with E-state index in [1.54, 1.807) is 55.7 Å². The van der Waals surface area contributed by atoms with Crippen LogP contribution in [0.5, 0.6) is 5.75 Å². The molecule has 1 saturated carbocycles. The minimum atomic E-state index is -0.757. The number of hydrogen-bond donors (Lipinski definition) is 2. The van der Waals surface area contributed by atoms with Crippen molar-refractivity contribution < 1.29 is 14.2 Å². The summed E-state index contributed by atoms with van der Waals surface area (Å²) in [5.74, 6) is -0.0865. The normalized spacial score (nSPS) is 19.5. The second-order valence-electron chi connectivity index (χ2n) is 9.52. The number of anilines is 1. The Hall–Kier alpha value is -4.24. The van der Waals surface area contributed by atoms with Crippen LogP contribution in [-0.4, -0.2) is 36.9 Å². The summed E-state index contributed by atoms with van der Waals surface area (Å²) >= 11 is 0. The summed E-state index contributed by atoms with van der Waals surface area (Å²) < 4.78 is 25.1. The molecule has 1 aliphatic rings. The monoisotopic (exact) mass is 485 g/mol. The molecule has 8 nitrogen and oxygen atoms in total. The Morgan fingerprint density at radius 2 is 1.83 bits per heavy atom. The summed E-state index contributed by atoms with van der Waals surface area (Å²) in [6.45, 7) is 1.79. The fourth-order valence-electron chi connectivity index (χ4n) is 5.25. The van der Waals surface area contributed by atoms with Crippen LogP contribution in [0.1, 0.15) is 25.8 Å². The van der Waals surface area contributed by atoms with Gasteiger partial charge in [0.25, 0.3) is 5.56 Å². The van der Waals surface area contributed by atoms with E-state index in [1.165, 1.54) is 18.0 Å². The Morgan fingerprint density at radius 3 is 2.53 bits per heavy atom. The predicted molar refractivity (Wildman–Crippen MR) is 136 cm³/mol. The number of pyridine rings is 1. The van der Waals surface area contributed by atoms with Crippen LogP contribution >= 0.6 is 0 Å². The number of aliphatic hydroxyl groups is 1. The molecule has 0 atom stereocenters. The molecule has 0 saturated heterocycles. The summed E-state index contributed by atoms with van der Waals surface area (Å²) in [6, 6.07) is 12.3. The van der Waals surface area contributed by atoms with E-state index >= 15 is 4.39 Å². The highest BCUT2D eigenvalue weighted by Gasteiger charge is 2.40. The second-order valence-corrected chi connectivity index (χ2v) is 9.52. The molecule has 182 valence electrons. The van der Waals surface area contributed by atoms with Crippen LogP contribution in [-0.2, 0) is 0 Å². The van der Waals surface area contributed by atoms with Crippen LogP contribution in [0, 0.1) is 5.82 Å². The first-order chi connectivity index (χ1) is 17.3. The number of nitrogens with zero attached hydrogens (tertiary/aromatic N) is 4. The van der Waals surface area contributed by atoms with Gasteiger partial charge in [-0.1, -0.05) is 24.3 Å². The van der Waals surface area contributed by atoms with E-state index in [4.69, 9.17) is 10.5 Å². The smallest absolute Gasteiger partial charge is 0.266 e. The lowest BCUT2D eigenvalue weighted by atomic mass is 9.77. The quantitative estimate of drug-likeness (QED) is 0.395. The van der Waals surface area contributed by atoms with Crippen LogP contribution < -0.4 is 16.0 Å². The molecular formula is C27H24FN5O3. The molecule has 5 aromatic rings. The largest absolute Gasteiger partial charge is 0.495 e. The first-order valence-corrected chi connectivity index (χ1v) is 11.6. The standard InChI is InChI=1S/C27H24FN5O3/c1-27(35)10-16(11-27)32-12-19(22-24(29)30-14-31-25(22)32)17-8-9-18-20(36-2)13-33(15-6-4-3-5-7-15)26(34)21(18)23(17)28/h3-9,12-14,16,35H,10-11H2,1-2H3,(H2,29,30,31). The number of aromatic nitrogens is 4. The first-order valence-electron chi connectivity index (χ1n) is 11.6. The lowest BCUT2D eigenvalue weighted by Gasteiger charge is -2.41. The highest BCUT2D eigenvalue weighted by molar-refractivity contribution is 6.03. The Kier molecular flexibility index (Phi) is 4.87. The van der Waals surface area contributed by atoms with Gasteiger partial charge in [0, 0.05) is 34.4 Å². The topological polar surface area (TPSA) is 108 Å². The second kappa shape index (κ2) is 7.89. The zero-order chi connectivity index (χ0) is 25.2. The molecule has 3 aromatic heterocycles. The van der Waals surface area contributed by atoms with E-state index in [0.717, 1.165) is 0 Å². The average Bonchev–Trinajstić information content (AvgIpc) is 3.24. The van der Waals surface area contributed by atoms with Gasteiger partial charge in [-0.15, -0.1) is 0 Å². The Labute approximate surface area is 205 Å². The molecule has 1 fully saturated rings. The summed E-state index contributed by atoms with van der Waals surface area (Å²) in [4.78, 5) is 22.1. The van der Waals surface area contributed by atoms with Gasteiger partial charge in [-0.2, -0.15) is 0 Å². The summed E-state index contributed by atoms with van der Waals surface area (Å²) in [7, 11) is 1.49. The van der Waals surface area contributed by atoms with Crippen molar-refractivity contribution in [2.24, 2.45) is 0 Å². The first kappa shape index (κ1) is 22.2. The van der Waals surface area contributed by atoms with Gasteiger partial charge in [0.15, 0.2) is 0 Å². The minimum Gasteiger partial charge on any atom is -0.495 e. The molecule has 2 aromatic carbocycles. The Morgan fingerprint density at radius 1 is 1.08 bits per heavy atom. The van der Waals surface area contributed by atoms with Crippen LogP contribution in [0.15, 0.2) is 66.0 Å². The highest BCUT2D eigenvalue weighted by Crippen LogP contribution is 2.45. The van der Waals surface area contributed by atoms with Crippen LogP contribution in [0.4, 0.5) is 10.2 Å². The number of benzene rings is 2. The fraction of sp³-hybridized carbons (Fsp3) is 0.222. The van der Waals surface area contributed by atoms with Crippen molar-refractivity contribution in [1.82, 2.24) is 19.1 Å². The van der Waals surface area contributed by atoms with Crippen LogP contribution in [0.2, 0.25) is 0 Å². The van der Waals surface area contributed by atoms with Crippen LogP contribution in [0.3, 0.4) is 0 Å². The molecule has 9 heteroatoms. The molecule has 6 rings (SSSR count). The molecule has 0 radical (unpaired) electrons. The minimum absolute atomic E-state index is 0.00975. The number of methoxy groups -OCH3 is 1. The van der Waals surface area contributed by atoms with Gasteiger partial charge in [-0.3, -0.25) is 9.36 Å². The van der Waals surface area contributed by atoms with E-state index in [1.807, 2.05) is 10.6 Å². The molecule has 0 bridgehead atoms. The lowest BCUT2D eigenvalue weighted by Crippen LogP contribution is -2.41. The molecule has 1 aliphatic carbocycles. The number of halogens is 1. The van der Waals surface area contributed by atoms with Crippen molar-refractivity contribution in [2.75, 3.05) is 12.8 Å². The third-order valence-electron chi connectivity index (χ3n) is 7.01. The zero-order valence-electron chi connectivity index (χ0n) is 19.8. The number of fused-ring (bicyclic) bond motifs is 2. The number of para-hydroxylation sites is 1. The molecular weight excluding hydrogens is 461 g/mol. The van der Waals surface area contributed by atoms with Gasteiger partial charge in [0.05, 0.1) is 29.7 Å². The third-order valence-corrected chi connectivity index (χ3v) is 7.01. The Balaban J connectivity index is 1.62. The maximum absolute atomic E-state index is 16.3. The van der Waals surface area contributed by atoms with Gasteiger partial charge in [-0.05, 0) is 38.0 Å². The number of rotatable bonds is 4. The molecule has 0 unspecified atom stereocenters. The van der Waals surface area contributed by atoms with Crippen LogP contribution in [0.25, 0.3) is 38.6 Å². The van der Waals surface area contributed by atoms with Crippen molar-refractivity contribution in [1.29, 1.82) is 0 Å². The van der Waals surface area contributed by atoms with Gasteiger partial charge in [0.2, 0.25) is 0 Å². The van der Waals surface area contributed by atoms with Gasteiger partial charge in [-0.25, -0.2) is 14.4 Å². The fourth-order valence-corrected chi connectivity index (χ4v) is 5.25. The number of ether oxygens (including phenoxy) is 1. The van der Waals surface area contributed by atoms with E-state index in [9.17, 15) is 9.90 Å². The highest BCUT2D eigenvalue weighted by atomic mass is 19.1. The molecule has 0 amide bonds. The van der Waals surface area contributed by atoms with E-state index < -0.39 is 17.0 Å². The van der Waals surface area contributed by atoms with Gasteiger partial charge < -0.3 is 20.1 Å². The summed E-state index contributed by atoms with van der Waals surface area (Å²) in [5.41, 5.74) is 6.84. The maximum Gasteiger partial charge on any atom is 0.266 e. The molecule has 3 heterocycles. The molecule has 3 N–H and O–H groups in total. The maximum atomic E-state index is 16.3. The SMILES string of the molecule is COc1cn(-c2ccccc2)c(=O)c2c(F)c(-c3cn(C4CC(C)(O)C4)c4ncnc(N)c34)ccc12. The van der Waals surface area contributed by atoms with Crippen molar-refractivity contribution >= 4 is 27.6 Å². The number of hydrogen-bond acceptors (Lipinski definition) is 6. The predicted octanol–water partition coefficient (Wildman–Crippen LogP) is 4.22. The number of nitrogens with two attached hydrogens (primary N) is 1. The lowest BCUT2D eigenvalue weighted by molar-refractivity contribution is -0.0498. The van der Waals surface area contributed by atoms with Gasteiger partial charge in [0.1, 0.15) is 29.4 Å². The Bertz CT molecular complexity index is 1700. The number of nitrogen functional groups attached to an aromatic ring is 1. The van der Waals surface area contributed by atoms with Crippen molar-refractivity contribution in [3.8, 4) is 22.6 Å². The average molecular weight is 486 g/mol. The van der Waals surface area contributed by atoms with Crippen molar-refractivity contribution in [3.63, 3.8) is 0 Å². The molecule has 0 spiro atoms. The molecule has 36 heavy (non-hydrogen) atoms. The van der Waals surface area contributed by atoms with Crippen molar-refractivity contribution in [2.45, 2.75) is 31.4 Å². The van der Waals surface area contributed by atoms with Crippen molar-refractivity contribution in [3.05, 3.63) is 77.4 Å². The summed E-state index contributed by atoms with van der Waals surface area (Å²) in [5, 5.41) is 11.1. The van der Waals surface area contributed by atoms with E-state index in [2.05, 4.69) is 9.97 Å². The molecule has 0 aliphatic heterocycles. The van der Waals surface area contributed by atoms with E-state index in [0.29, 0.717) is 46.3 Å². The summed E-state index contributed by atoms with van der Waals surface area (Å²) in [6.07, 6.45) is 5.81. The third kappa shape index (κ3) is 3.27.